The van der Waals surface area contributed by atoms with Gasteiger partial charge >= 0.3 is 5.97 Å². The van der Waals surface area contributed by atoms with Gasteiger partial charge in [0.25, 0.3) is 0 Å². The van der Waals surface area contributed by atoms with Gasteiger partial charge in [-0.3, -0.25) is 0 Å². The Bertz CT molecular complexity index is 652. The van der Waals surface area contributed by atoms with E-state index in [0.29, 0.717) is 0 Å². The number of aromatic hydroxyl groups is 1. The normalized spacial score (nSPS) is 10.2. The minimum atomic E-state index is -0.800. The molecule has 0 saturated carbocycles. The van der Waals surface area contributed by atoms with E-state index in [-0.39, 0.29) is 34.3 Å². The molecule has 0 fully saturated rings. The van der Waals surface area contributed by atoms with Crippen molar-refractivity contribution in [3.63, 3.8) is 0 Å². The van der Waals surface area contributed by atoms with E-state index in [1.54, 1.807) is 0 Å². The molecule has 21 heavy (non-hydrogen) atoms. The minimum absolute atomic E-state index is 0.0678. The van der Waals surface area contributed by atoms with E-state index in [1.165, 1.54) is 43.5 Å². The highest BCUT2D eigenvalue weighted by atomic mass is 35.5. The van der Waals surface area contributed by atoms with Gasteiger partial charge in [-0.25, -0.2) is 9.18 Å². The first-order valence-electron chi connectivity index (χ1n) is 6.00. The summed E-state index contributed by atoms with van der Waals surface area (Å²) in [5.74, 6) is -1.55. The highest BCUT2D eigenvalue weighted by molar-refractivity contribution is 6.31. The van der Waals surface area contributed by atoms with E-state index >= 15 is 0 Å². The van der Waals surface area contributed by atoms with Gasteiger partial charge in [0.15, 0.2) is 11.5 Å². The summed E-state index contributed by atoms with van der Waals surface area (Å²) in [6.45, 7) is -0.332. The maximum absolute atomic E-state index is 13.6. The summed E-state index contributed by atoms with van der Waals surface area (Å²) in [6.07, 6.45) is 0. The van der Waals surface area contributed by atoms with Crippen molar-refractivity contribution in [1.82, 2.24) is 0 Å². The summed E-state index contributed by atoms with van der Waals surface area (Å²) < 4.78 is 23.4. The lowest BCUT2D eigenvalue weighted by Crippen LogP contribution is -2.07. The maximum atomic E-state index is 13.6. The number of para-hydroxylation sites is 1. The number of carbonyl (C=O) groups excluding carboxylic acids is 1. The molecule has 0 amide bonds. The third kappa shape index (κ3) is 3.25. The van der Waals surface area contributed by atoms with Crippen molar-refractivity contribution >= 4 is 17.6 Å². The van der Waals surface area contributed by atoms with Crippen molar-refractivity contribution in [3.05, 3.63) is 58.4 Å². The Morgan fingerprint density at radius 1 is 1.29 bits per heavy atom. The first-order chi connectivity index (χ1) is 10.0. The quantitative estimate of drug-likeness (QED) is 0.877. The molecule has 2 aromatic carbocycles. The molecule has 1 N–H and O–H groups in total. The van der Waals surface area contributed by atoms with E-state index in [0.717, 1.165) is 0 Å². The zero-order chi connectivity index (χ0) is 15.4. The van der Waals surface area contributed by atoms with E-state index < -0.39 is 11.8 Å². The molecular weight excluding hydrogens is 299 g/mol. The van der Waals surface area contributed by atoms with Crippen LogP contribution in [0.4, 0.5) is 4.39 Å². The molecule has 2 aromatic rings. The fourth-order valence-electron chi connectivity index (χ4n) is 1.74. The summed E-state index contributed by atoms with van der Waals surface area (Å²) in [5, 5.41) is 10.0. The van der Waals surface area contributed by atoms with Gasteiger partial charge < -0.3 is 14.6 Å². The molecule has 0 aliphatic heterocycles. The van der Waals surface area contributed by atoms with Crippen LogP contribution < -0.4 is 4.74 Å². The van der Waals surface area contributed by atoms with Gasteiger partial charge in [0.2, 0.25) is 0 Å². The Labute approximate surface area is 125 Å². The van der Waals surface area contributed by atoms with Crippen LogP contribution in [0, 0.1) is 5.82 Å². The van der Waals surface area contributed by atoms with Gasteiger partial charge in [-0.05, 0) is 24.3 Å². The first kappa shape index (κ1) is 15.1. The largest absolute Gasteiger partial charge is 0.504 e. The summed E-state index contributed by atoms with van der Waals surface area (Å²) in [5.41, 5.74) is 0.0108. The molecule has 6 heteroatoms. The molecule has 110 valence electrons. The van der Waals surface area contributed by atoms with Crippen LogP contribution in [0.3, 0.4) is 0 Å². The lowest BCUT2D eigenvalue weighted by atomic mass is 10.2. The lowest BCUT2D eigenvalue weighted by molar-refractivity contribution is 0.0465. The monoisotopic (exact) mass is 310 g/mol. The number of methoxy groups -OCH3 is 1. The Balaban J connectivity index is 2.16. The van der Waals surface area contributed by atoms with Gasteiger partial charge in [-0.2, -0.15) is 0 Å². The van der Waals surface area contributed by atoms with Crippen LogP contribution in [0.1, 0.15) is 15.9 Å². The van der Waals surface area contributed by atoms with E-state index in [9.17, 15) is 14.3 Å². The average Bonchev–Trinajstić information content (AvgIpc) is 2.46. The number of ether oxygens (including phenoxy) is 2. The molecule has 0 unspecified atom stereocenters. The van der Waals surface area contributed by atoms with Gasteiger partial charge in [-0.15, -0.1) is 0 Å². The molecule has 0 spiro atoms. The smallest absolute Gasteiger partial charge is 0.342 e. The third-order valence-electron chi connectivity index (χ3n) is 2.85. The maximum Gasteiger partial charge on any atom is 0.342 e. The van der Waals surface area contributed by atoms with Crippen molar-refractivity contribution in [3.8, 4) is 11.5 Å². The van der Waals surface area contributed by atoms with E-state index in [4.69, 9.17) is 21.1 Å². The van der Waals surface area contributed by atoms with Crippen LogP contribution in [0.15, 0.2) is 36.4 Å². The number of hydrogen-bond acceptors (Lipinski definition) is 4. The molecule has 0 aliphatic rings. The molecule has 2 rings (SSSR count). The predicted molar refractivity (Wildman–Crippen MR) is 75.2 cm³/mol. The lowest BCUT2D eigenvalue weighted by Gasteiger charge is -2.10. The van der Waals surface area contributed by atoms with Crippen LogP contribution in [-0.4, -0.2) is 18.2 Å². The average molecular weight is 311 g/mol. The van der Waals surface area contributed by atoms with E-state index in [1.807, 2.05) is 0 Å². The summed E-state index contributed by atoms with van der Waals surface area (Å²) in [4.78, 5) is 11.9. The summed E-state index contributed by atoms with van der Waals surface area (Å²) in [6, 6.07) is 8.58. The van der Waals surface area contributed by atoms with Gasteiger partial charge in [0.05, 0.1) is 12.1 Å². The summed E-state index contributed by atoms with van der Waals surface area (Å²) in [7, 11) is 1.36. The Hall–Kier alpha value is -2.27. The molecule has 0 radical (unpaired) electrons. The van der Waals surface area contributed by atoms with Crippen LogP contribution in [0.25, 0.3) is 0 Å². The topological polar surface area (TPSA) is 55.8 Å². The first-order valence-corrected chi connectivity index (χ1v) is 6.38. The molecule has 0 saturated heterocycles. The minimum Gasteiger partial charge on any atom is -0.504 e. The number of carbonyl (C=O) groups is 1. The number of benzene rings is 2. The Morgan fingerprint density at radius 2 is 2.00 bits per heavy atom. The van der Waals surface area contributed by atoms with Gasteiger partial charge in [-0.1, -0.05) is 23.7 Å². The van der Waals surface area contributed by atoms with Crippen molar-refractivity contribution < 1.29 is 23.8 Å². The number of halogens is 2. The number of esters is 1. The number of phenolic OH excluding ortho intramolecular Hbond substituents is 1. The second-order valence-corrected chi connectivity index (χ2v) is 4.54. The Kier molecular flexibility index (Phi) is 4.65. The van der Waals surface area contributed by atoms with Crippen LogP contribution in [0.5, 0.6) is 11.5 Å². The number of phenols is 1. The zero-order valence-electron chi connectivity index (χ0n) is 11.1. The predicted octanol–water partition coefficient (Wildman–Crippen LogP) is 3.55. The summed E-state index contributed by atoms with van der Waals surface area (Å²) >= 11 is 5.84. The molecule has 0 bridgehead atoms. The third-order valence-corrected chi connectivity index (χ3v) is 3.20. The number of rotatable bonds is 4. The highest BCUT2D eigenvalue weighted by Gasteiger charge is 2.17. The van der Waals surface area contributed by atoms with Crippen LogP contribution in [0.2, 0.25) is 5.02 Å². The Morgan fingerprint density at radius 3 is 2.67 bits per heavy atom. The molecule has 0 heterocycles. The molecule has 4 nitrogen and oxygen atoms in total. The van der Waals surface area contributed by atoms with E-state index in [2.05, 4.69) is 0 Å². The van der Waals surface area contributed by atoms with Crippen molar-refractivity contribution in [2.24, 2.45) is 0 Å². The second kappa shape index (κ2) is 6.45. The molecule has 0 aliphatic carbocycles. The highest BCUT2D eigenvalue weighted by Crippen LogP contribution is 2.30. The fraction of sp³-hybridized carbons (Fsp3) is 0.133. The van der Waals surface area contributed by atoms with Crippen molar-refractivity contribution in [1.29, 1.82) is 0 Å². The molecule has 0 aromatic heterocycles. The number of hydrogen-bond donors (Lipinski definition) is 1. The zero-order valence-corrected chi connectivity index (χ0v) is 11.9. The van der Waals surface area contributed by atoms with Crippen LogP contribution in [-0.2, 0) is 11.3 Å². The standard InChI is InChI=1S/C15H12ClFO4/c1-20-13-7-2-4-9(14(13)18)15(19)21-8-10-11(16)5-3-6-12(10)17/h2-7,18H,8H2,1H3. The van der Waals surface area contributed by atoms with Crippen molar-refractivity contribution in [2.75, 3.05) is 7.11 Å². The fourth-order valence-corrected chi connectivity index (χ4v) is 1.96. The van der Waals surface area contributed by atoms with Gasteiger partial charge in [0.1, 0.15) is 18.0 Å². The van der Waals surface area contributed by atoms with Gasteiger partial charge in [0, 0.05) is 5.56 Å². The molecular formula is C15H12ClFO4. The second-order valence-electron chi connectivity index (χ2n) is 4.13. The van der Waals surface area contributed by atoms with Crippen LogP contribution >= 0.6 is 11.6 Å². The SMILES string of the molecule is COc1cccc(C(=O)OCc2c(F)cccc2Cl)c1O. The molecule has 0 atom stereocenters. The van der Waals surface area contributed by atoms with Crippen molar-refractivity contribution in [2.45, 2.75) is 6.61 Å².